The van der Waals surface area contributed by atoms with Crippen LogP contribution in [0, 0.1) is 11.8 Å². The number of amides is 1. The van der Waals surface area contributed by atoms with Crippen molar-refractivity contribution in [2.24, 2.45) is 5.73 Å². The first-order chi connectivity index (χ1) is 7.16. The molecule has 1 heterocycles. The number of halogens is 1. The van der Waals surface area contributed by atoms with Crippen molar-refractivity contribution in [3.63, 3.8) is 0 Å². The molecule has 0 radical (unpaired) electrons. The second-order valence-electron chi connectivity index (χ2n) is 2.80. The maximum Gasteiger partial charge on any atom is 0.293 e. The van der Waals surface area contributed by atoms with Gasteiger partial charge < -0.3 is 15.2 Å². The van der Waals surface area contributed by atoms with Gasteiger partial charge >= 0.3 is 0 Å². The van der Waals surface area contributed by atoms with Crippen LogP contribution in [-0.2, 0) is 4.79 Å². The first-order valence-corrected chi connectivity index (χ1v) is 4.45. The number of fused-ring (bicyclic) bond motifs is 1. The van der Waals surface area contributed by atoms with E-state index in [9.17, 15) is 4.79 Å². The topological polar surface area (TPSA) is 61.6 Å². The minimum atomic E-state index is -0.705. The highest BCUT2D eigenvalue weighted by atomic mass is 35.5. The number of carbonyl (C=O) groups excluding carboxylic acids is 1. The van der Waals surface area contributed by atoms with E-state index in [-0.39, 0.29) is 6.79 Å². The summed E-state index contributed by atoms with van der Waals surface area (Å²) in [7, 11) is 0. The van der Waals surface area contributed by atoms with Crippen molar-refractivity contribution in [3.8, 4) is 23.3 Å². The fraction of sp³-hybridized carbons (Fsp3) is 0.100. The van der Waals surface area contributed by atoms with Gasteiger partial charge in [-0.15, -0.1) is 0 Å². The highest BCUT2D eigenvalue weighted by molar-refractivity contribution is 6.32. The number of ether oxygens (including phenoxy) is 2. The Morgan fingerprint density at radius 3 is 2.73 bits per heavy atom. The summed E-state index contributed by atoms with van der Waals surface area (Å²) < 4.78 is 10.2. The van der Waals surface area contributed by atoms with Crippen LogP contribution >= 0.6 is 11.6 Å². The first-order valence-electron chi connectivity index (χ1n) is 4.07. The Morgan fingerprint density at radius 1 is 1.40 bits per heavy atom. The van der Waals surface area contributed by atoms with Crippen molar-refractivity contribution in [1.82, 2.24) is 0 Å². The molecule has 15 heavy (non-hydrogen) atoms. The van der Waals surface area contributed by atoms with E-state index in [2.05, 4.69) is 11.8 Å². The van der Waals surface area contributed by atoms with Gasteiger partial charge in [0.25, 0.3) is 5.91 Å². The summed E-state index contributed by atoms with van der Waals surface area (Å²) in [5.41, 5.74) is 5.38. The van der Waals surface area contributed by atoms with Crippen molar-refractivity contribution in [2.75, 3.05) is 6.79 Å². The Hall–Kier alpha value is -1.86. The summed E-state index contributed by atoms with van der Waals surface area (Å²) in [4.78, 5) is 10.5. The molecule has 1 aliphatic rings. The molecule has 0 fully saturated rings. The largest absolute Gasteiger partial charge is 0.454 e. The third kappa shape index (κ3) is 1.97. The van der Waals surface area contributed by atoms with Gasteiger partial charge in [0.15, 0.2) is 11.5 Å². The van der Waals surface area contributed by atoms with Crippen molar-refractivity contribution >= 4 is 17.5 Å². The van der Waals surface area contributed by atoms with E-state index in [0.29, 0.717) is 22.1 Å². The SMILES string of the molecule is NC(=O)C#Cc1cc2c(cc1Cl)OCO2. The van der Waals surface area contributed by atoms with Crippen molar-refractivity contribution < 1.29 is 14.3 Å². The summed E-state index contributed by atoms with van der Waals surface area (Å²) in [6.07, 6.45) is 0. The Labute approximate surface area is 90.9 Å². The van der Waals surface area contributed by atoms with Crippen LogP contribution in [-0.4, -0.2) is 12.7 Å². The van der Waals surface area contributed by atoms with Crippen molar-refractivity contribution in [3.05, 3.63) is 22.7 Å². The minimum Gasteiger partial charge on any atom is -0.454 e. The second-order valence-corrected chi connectivity index (χ2v) is 3.21. The summed E-state index contributed by atoms with van der Waals surface area (Å²) >= 11 is 5.90. The Kier molecular flexibility index (Phi) is 2.40. The molecule has 0 spiro atoms. The van der Waals surface area contributed by atoms with Crippen molar-refractivity contribution in [1.29, 1.82) is 0 Å². The molecular weight excluding hydrogens is 218 g/mol. The molecule has 76 valence electrons. The summed E-state index contributed by atoms with van der Waals surface area (Å²) in [6.45, 7) is 0.165. The zero-order valence-corrected chi connectivity index (χ0v) is 8.30. The standard InChI is InChI=1S/C10H6ClNO3/c11-7-4-9-8(14-5-15-9)3-6(7)1-2-10(12)13/h3-4H,5H2,(H2,12,13). The van der Waals surface area contributed by atoms with Gasteiger partial charge in [-0.1, -0.05) is 17.5 Å². The highest BCUT2D eigenvalue weighted by Gasteiger charge is 2.15. The smallest absolute Gasteiger partial charge is 0.293 e. The van der Waals surface area contributed by atoms with E-state index < -0.39 is 5.91 Å². The second kappa shape index (κ2) is 3.71. The number of hydrogen-bond acceptors (Lipinski definition) is 3. The molecule has 2 rings (SSSR count). The van der Waals surface area contributed by atoms with E-state index >= 15 is 0 Å². The molecule has 1 amide bonds. The van der Waals surface area contributed by atoms with Crippen LogP contribution in [0.25, 0.3) is 0 Å². The molecular formula is C10H6ClNO3. The number of carbonyl (C=O) groups is 1. The van der Waals surface area contributed by atoms with E-state index in [1.807, 2.05) is 0 Å². The first kappa shape index (κ1) is 9.69. The molecule has 4 nitrogen and oxygen atoms in total. The van der Waals surface area contributed by atoms with Gasteiger partial charge in [-0.25, -0.2) is 0 Å². The molecule has 1 aromatic rings. The molecule has 5 heteroatoms. The van der Waals surface area contributed by atoms with Gasteiger partial charge in [0.2, 0.25) is 6.79 Å². The average molecular weight is 224 g/mol. The zero-order valence-electron chi connectivity index (χ0n) is 7.54. The summed E-state index contributed by atoms with van der Waals surface area (Å²) in [5, 5.41) is 0.396. The summed E-state index contributed by atoms with van der Waals surface area (Å²) in [6, 6.07) is 3.20. The van der Waals surface area contributed by atoms with E-state index in [4.69, 9.17) is 26.8 Å². The molecule has 0 unspecified atom stereocenters. The molecule has 0 aromatic heterocycles. The van der Waals surface area contributed by atoms with Gasteiger partial charge in [-0.05, 0) is 0 Å². The number of nitrogens with two attached hydrogens (primary N) is 1. The van der Waals surface area contributed by atoms with Crippen LogP contribution in [0.4, 0.5) is 0 Å². The monoisotopic (exact) mass is 223 g/mol. The van der Waals surface area contributed by atoms with E-state index in [1.54, 1.807) is 12.1 Å². The van der Waals surface area contributed by atoms with Gasteiger partial charge in [0, 0.05) is 23.6 Å². The molecule has 0 saturated carbocycles. The molecule has 0 atom stereocenters. The van der Waals surface area contributed by atoms with Crippen LogP contribution in [0.15, 0.2) is 12.1 Å². The predicted molar refractivity (Wildman–Crippen MR) is 53.6 cm³/mol. The van der Waals surface area contributed by atoms with Crippen molar-refractivity contribution in [2.45, 2.75) is 0 Å². The lowest BCUT2D eigenvalue weighted by molar-refractivity contribution is -0.112. The molecule has 0 aliphatic carbocycles. The number of rotatable bonds is 0. The third-order valence-electron chi connectivity index (χ3n) is 1.78. The normalized spacial score (nSPS) is 11.8. The fourth-order valence-corrected chi connectivity index (χ4v) is 1.34. The Bertz CT molecular complexity index is 487. The predicted octanol–water partition coefficient (Wildman–Crippen LogP) is 0.906. The maximum absolute atomic E-state index is 10.5. The lowest BCUT2D eigenvalue weighted by atomic mass is 10.2. The van der Waals surface area contributed by atoms with Gasteiger partial charge in [0.1, 0.15) is 0 Å². The summed E-state index contributed by atoms with van der Waals surface area (Å²) in [5.74, 6) is 5.18. The maximum atomic E-state index is 10.5. The highest BCUT2D eigenvalue weighted by Crippen LogP contribution is 2.36. The molecule has 1 aromatic carbocycles. The van der Waals surface area contributed by atoms with Gasteiger partial charge in [-0.2, -0.15) is 0 Å². The molecule has 0 bridgehead atoms. The van der Waals surface area contributed by atoms with E-state index in [1.165, 1.54) is 0 Å². The fourth-order valence-electron chi connectivity index (χ4n) is 1.14. The van der Waals surface area contributed by atoms with Crippen LogP contribution < -0.4 is 15.2 Å². The van der Waals surface area contributed by atoms with Crippen LogP contribution in [0.3, 0.4) is 0 Å². The number of benzene rings is 1. The molecule has 1 aliphatic heterocycles. The van der Waals surface area contributed by atoms with Crippen LogP contribution in [0.2, 0.25) is 5.02 Å². The lowest BCUT2D eigenvalue weighted by Crippen LogP contribution is -2.06. The molecule has 0 saturated heterocycles. The zero-order chi connectivity index (χ0) is 10.8. The average Bonchev–Trinajstić information content (AvgIpc) is 2.60. The minimum absolute atomic E-state index is 0.165. The Balaban J connectivity index is 2.42. The van der Waals surface area contributed by atoms with E-state index in [0.717, 1.165) is 0 Å². The third-order valence-corrected chi connectivity index (χ3v) is 2.10. The lowest BCUT2D eigenvalue weighted by Gasteiger charge is -1.98. The molecule has 2 N–H and O–H groups in total. The quantitative estimate of drug-likeness (QED) is 0.665. The van der Waals surface area contributed by atoms with Gasteiger partial charge in [-0.3, -0.25) is 4.79 Å². The number of hydrogen-bond donors (Lipinski definition) is 1. The van der Waals surface area contributed by atoms with Gasteiger partial charge in [0.05, 0.1) is 5.02 Å². The van der Waals surface area contributed by atoms with Crippen LogP contribution in [0.1, 0.15) is 5.56 Å². The van der Waals surface area contributed by atoms with Crippen LogP contribution in [0.5, 0.6) is 11.5 Å². The Morgan fingerprint density at radius 2 is 2.07 bits per heavy atom. The number of primary amides is 1.